The highest BCUT2D eigenvalue weighted by atomic mass is 16.6. The van der Waals surface area contributed by atoms with Crippen LogP contribution in [0.1, 0.15) is 33.7 Å². The monoisotopic (exact) mass is 482 g/mol. The van der Waals surface area contributed by atoms with Crippen molar-refractivity contribution in [1.82, 2.24) is 0 Å². The van der Waals surface area contributed by atoms with E-state index in [1.807, 2.05) is 0 Å². The van der Waals surface area contributed by atoms with Crippen LogP contribution in [-0.2, 0) is 0 Å². The van der Waals surface area contributed by atoms with E-state index in [2.05, 4.69) is 0 Å². The van der Waals surface area contributed by atoms with Crippen LogP contribution in [0.3, 0.4) is 0 Å². The summed E-state index contributed by atoms with van der Waals surface area (Å²) in [4.78, 5) is 12.7. The van der Waals surface area contributed by atoms with Crippen LogP contribution >= 0.6 is 0 Å². The molecule has 0 aliphatic carbocycles. The maximum Gasteiger partial charge on any atom is 0.202 e. The van der Waals surface area contributed by atoms with Crippen LogP contribution < -0.4 is 18.9 Å². The molecule has 0 spiro atoms. The maximum absolute atomic E-state index is 12.7. The van der Waals surface area contributed by atoms with Crippen LogP contribution in [0.5, 0.6) is 40.2 Å². The zero-order valence-electron chi connectivity index (χ0n) is 18.4. The molecule has 0 radical (unpaired) electrons. The number of aliphatic hydroxyl groups excluding tert-OH is 2. The molecule has 2 heterocycles. The Balaban J connectivity index is 1.46. The first kappa shape index (κ1) is 22.6. The Labute approximate surface area is 199 Å². The maximum atomic E-state index is 12.7. The van der Waals surface area contributed by atoms with Gasteiger partial charge in [-0.1, -0.05) is 12.1 Å². The fourth-order valence-corrected chi connectivity index (χ4v) is 4.29. The molecule has 0 bridgehead atoms. The summed E-state index contributed by atoms with van der Waals surface area (Å²) in [5, 5.41) is 50.4. The van der Waals surface area contributed by atoms with E-state index in [4.69, 9.17) is 18.9 Å². The van der Waals surface area contributed by atoms with Crippen molar-refractivity contribution < 1.29 is 49.3 Å². The number of hydrogen-bond acceptors (Lipinski definition) is 10. The van der Waals surface area contributed by atoms with E-state index in [-0.39, 0.29) is 28.6 Å². The summed E-state index contributed by atoms with van der Waals surface area (Å²) < 4.78 is 22.8. The lowest BCUT2D eigenvalue weighted by atomic mass is 9.92. The Morgan fingerprint density at radius 2 is 1.54 bits per heavy atom. The first-order valence-electron chi connectivity index (χ1n) is 10.7. The highest BCUT2D eigenvalue weighted by Gasteiger charge is 2.40. The van der Waals surface area contributed by atoms with Crippen molar-refractivity contribution >= 4 is 5.78 Å². The minimum Gasteiger partial charge on any atom is -0.508 e. The van der Waals surface area contributed by atoms with Gasteiger partial charge in [-0.15, -0.1) is 0 Å². The van der Waals surface area contributed by atoms with Gasteiger partial charge >= 0.3 is 0 Å². The molecular formula is C25H22O10. The van der Waals surface area contributed by atoms with E-state index < -0.39 is 42.6 Å². The van der Waals surface area contributed by atoms with Gasteiger partial charge in [-0.25, -0.2) is 0 Å². The number of methoxy groups -OCH3 is 1. The van der Waals surface area contributed by atoms with Gasteiger partial charge in [-0.3, -0.25) is 4.79 Å². The lowest BCUT2D eigenvalue weighted by molar-refractivity contribution is -0.0130. The van der Waals surface area contributed by atoms with E-state index in [1.54, 1.807) is 24.3 Å². The molecule has 0 amide bonds. The second-order valence-corrected chi connectivity index (χ2v) is 8.20. The number of fused-ring (bicyclic) bond motifs is 2. The molecule has 2 aliphatic rings. The third-order valence-electron chi connectivity index (χ3n) is 6.00. The summed E-state index contributed by atoms with van der Waals surface area (Å²) >= 11 is 0. The van der Waals surface area contributed by atoms with Crippen molar-refractivity contribution in [1.29, 1.82) is 0 Å². The van der Waals surface area contributed by atoms with Crippen molar-refractivity contribution in [2.75, 3.05) is 13.7 Å². The molecule has 0 saturated heterocycles. The van der Waals surface area contributed by atoms with E-state index >= 15 is 0 Å². The van der Waals surface area contributed by atoms with Crippen molar-refractivity contribution in [3.05, 3.63) is 65.2 Å². The molecule has 0 fully saturated rings. The normalized spacial score (nSPS) is 22.8. The summed E-state index contributed by atoms with van der Waals surface area (Å²) in [5.41, 5.74) is 0.721. The van der Waals surface area contributed by atoms with Gasteiger partial charge in [-0.05, 0) is 29.8 Å². The number of benzene rings is 3. The average Bonchev–Trinajstić information content (AvgIpc) is 2.84. The van der Waals surface area contributed by atoms with Crippen LogP contribution in [0.25, 0.3) is 0 Å². The molecule has 2 aliphatic heterocycles. The molecule has 4 unspecified atom stereocenters. The van der Waals surface area contributed by atoms with Crippen LogP contribution in [0.4, 0.5) is 0 Å². The SMILES string of the molecule is COc1ccc(C2Oc3ccc(C4Oc5cc(O)cc(O)c5C(=O)C4O)cc3OC2CO)cc1O. The van der Waals surface area contributed by atoms with E-state index in [0.29, 0.717) is 22.6 Å². The average molecular weight is 482 g/mol. The lowest BCUT2D eigenvalue weighted by Gasteiger charge is -2.35. The molecular weight excluding hydrogens is 460 g/mol. The summed E-state index contributed by atoms with van der Waals surface area (Å²) in [7, 11) is 1.43. The Morgan fingerprint density at radius 1 is 0.829 bits per heavy atom. The number of ether oxygens (including phenoxy) is 4. The summed E-state index contributed by atoms with van der Waals surface area (Å²) in [5.74, 6) is -0.813. The number of phenols is 3. The molecule has 5 N–H and O–H groups in total. The van der Waals surface area contributed by atoms with Crippen LogP contribution in [-0.4, -0.2) is 57.2 Å². The largest absolute Gasteiger partial charge is 0.508 e. The van der Waals surface area contributed by atoms with Crippen molar-refractivity contribution in [2.45, 2.75) is 24.4 Å². The zero-order valence-corrected chi connectivity index (χ0v) is 18.4. The molecule has 10 nitrogen and oxygen atoms in total. The Hall–Kier alpha value is -4.15. The quantitative estimate of drug-likeness (QED) is 0.374. The number of hydrogen-bond donors (Lipinski definition) is 5. The number of phenolic OH excluding ortho intramolecular Hbond substituents is 3. The number of rotatable bonds is 4. The summed E-state index contributed by atoms with van der Waals surface area (Å²) in [6.45, 7) is -0.395. The van der Waals surface area contributed by atoms with Gasteiger partial charge < -0.3 is 44.5 Å². The van der Waals surface area contributed by atoms with Gasteiger partial charge in [0.15, 0.2) is 47.4 Å². The van der Waals surface area contributed by atoms with Gasteiger partial charge in [0.05, 0.1) is 13.7 Å². The van der Waals surface area contributed by atoms with Crippen molar-refractivity contribution in [3.8, 4) is 40.2 Å². The lowest BCUT2D eigenvalue weighted by Crippen LogP contribution is -2.37. The molecule has 3 aromatic carbocycles. The molecule has 5 rings (SSSR count). The minimum atomic E-state index is -1.62. The van der Waals surface area contributed by atoms with Crippen molar-refractivity contribution in [2.24, 2.45) is 0 Å². The number of ketones is 1. The third-order valence-corrected chi connectivity index (χ3v) is 6.00. The number of aliphatic hydroxyl groups is 2. The second kappa shape index (κ2) is 8.57. The molecule has 0 saturated carbocycles. The van der Waals surface area contributed by atoms with Crippen LogP contribution in [0, 0.1) is 0 Å². The number of carbonyl (C=O) groups excluding carboxylic acids is 1. The number of carbonyl (C=O) groups is 1. The van der Waals surface area contributed by atoms with Gasteiger partial charge in [0.1, 0.15) is 22.8 Å². The summed E-state index contributed by atoms with van der Waals surface area (Å²) in [6.07, 6.45) is -4.32. The number of Topliss-reactive ketones (excluding diaryl/α,β-unsaturated/α-hetero) is 1. The zero-order chi connectivity index (χ0) is 24.9. The first-order valence-corrected chi connectivity index (χ1v) is 10.7. The highest BCUT2D eigenvalue weighted by Crippen LogP contribution is 2.45. The van der Waals surface area contributed by atoms with Gasteiger partial charge in [0.2, 0.25) is 5.78 Å². The fourth-order valence-electron chi connectivity index (χ4n) is 4.29. The Kier molecular flexibility index (Phi) is 5.54. The molecule has 10 heteroatoms. The van der Waals surface area contributed by atoms with Crippen molar-refractivity contribution in [3.63, 3.8) is 0 Å². The van der Waals surface area contributed by atoms with E-state index in [0.717, 1.165) is 6.07 Å². The molecule has 4 atom stereocenters. The Bertz CT molecular complexity index is 1300. The molecule has 35 heavy (non-hydrogen) atoms. The molecule has 0 aromatic heterocycles. The number of aromatic hydroxyl groups is 3. The van der Waals surface area contributed by atoms with Crippen LogP contribution in [0.15, 0.2) is 48.5 Å². The standard InChI is InChI=1S/C25H22O10/c1-32-16-4-2-11(6-14(16)28)24-20(10-26)33-18-7-12(3-5-17(18)34-24)25-23(31)22(30)21-15(29)8-13(27)9-19(21)35-25/h2-9,20,23-29,31H,10H2,1H3. The molecule has 182 valence electrons. The first-order chi connectivity index (χ1) is 16.8. The topological polar surface area (TPSA) is 155 Å². The predicted molar refractivity (Wildman–Crippen MR) is 119 cm³/mol. The van der Waals surface area contributed by atoms with Gasteiger partial charge in [0, 0.05) is 17.7 Å². The van der Waals surface area contributed by atoms with E-state index in [1.165, 1.54) is 25.3 Å². The molecule has 3 aromatic rings. The van der Waals surface area contributed by atoms with Gasteiger partial charge in [-0.2, -0.15) is 0 Å². The Morgan fingerprint density at radius 3 is 2.26 bits per heavy atom. The smallest absolute Gasteiger partial charge is 0.202 e. The van der Waals surface area contributed by atoms with Gasteiger partial charge in [0.25, 0.3) is 0 Å². The predicted octanol–water partition coefficient (Wildman–Crippen LogP) is 2.36. The van der Waals surface area contributed by atoms with Crippen LogP contribution in [0.2, 0.25) is 0 Å². The fraction of sp³-hybridized carbons (Fsp3) is 0.240. The highest BCUT2D eigenvalue weighted by molar-refractivity contribution is 6.05. The second-order valence-electron chi connectivity index (χ2n) is 8.20. The minimum absolute atomic E-state index is 0.0645. The van der Waals surface area contributed by atoms with E-state index in [9.17, 15) is 30.3 Å². The third kappa shape index (κ3) is 3.82. The summed E-state index contributed by atoms with van der Waals surface area (Å²) in [6, 6.07) is 11.6.